The number of methoxy groups -OCH3 is 2. The minimum Gasteiger partial charge on any atom is -0.495 e. The molecule has 8 heteroatoms. The molecule has 0 saturated carbocycles. The molecule has 0 amide bonds. The second-order valence-electron chi connectivity index (χ2n) is 7.35. The highest BCUT2D eigenvalue weighted by molar-refractivity contribution is 7.92. The molecule has 2 aromatic rings. The van der Waals surface area contributed by atoms with Crippen molar-refractivity contribution < 1.29 is 27.8 Å². The number of rotatable bonds is 7. The summed E-state index contributed by atoms with van der Waals surface area (Å²) >= 11 is 0. The summed E-state index contributed by atoms with van der Waals surface area (Å²) in [6, 6.07) is 9.71. The molecule has 2 N–H and O–H groups in total. The van der Waals surface area contributed by atoms with Crippen LogP contribution in [0.4, 0.5) is 5.69 Å². The van der Waals surface area contributed by atoms with Gasteiger partial charge in [-0.25, -0.2) is 13.2 Å². The lowest BCUT2D eigenvalue weighted by Gasteiger charge is -2.21. The van der Waals surface area contributed by atoms with E-state index in [1.165, 1.54) is 32.4 Å². The Morgan fingerprint density at radius 3 is 2.21 bits per heavy atom. The Kier molecular flexibility index (Phi) is 6.58. The standard InChI is InChI=1S/C21H25NO6S/c1-21(2,3)15-8-10-17(27-4)16(13-15)22-29(25,26)19-12-14(7-11-20(23)24)6-9-18(19)28-5/h6-13,22H,1-5H3,(H,23,24)/b11-7+. The maximum absolute atomic E-state index is 13.1. The van der Waals surface area contributed by atoms with E-state index in [-0.39, 0.29) is 16.1 Å². The third kappa shape index (κ3) is 5.51. The summed E-state index contributed by atoms with van der Waals surface area (Å²) in [5, 5.41) is 8.79. The lowest BCUT2D eigenvalue weighted by Crippen LogP contribution is -2.17. The molecule has 2 rings (SSSR count). The second-order valence-corrected chi connectivity index (χ2v) is 9.00. The lowest BCUT2D eigenvalue weighted by molar-refractivity contribution is -0.131. The van der Waals surface area contributed by atoms with Gasteiger partial charge >= 0.3 is 5.97 Å². The second kappa shape index (κ2) is 8.57. The zero-order valence-corrected chi connectivity index (χ0v) is 17.8. The highest BCUT2D eigenvalue weighted by Crippen LogP contribution is 2.34. The summed E-state index contributed by atoms with van der Waals surface area (Å²) in [7, 11) is -1.23. The predicted octanol–water partition coefficient (Wildman–Crippen LogP) is 3.90. The van der Waals surface area contributed by atoms with E-state index >= 15 is 0 Å². The van der Waals surface area contributed by atoms with E-state index < -0.39 is 16.0 Å². The van der Waals surface area contributed by atoms with Crippen molar-refractivity contribution in [2.45, 2.75) is 31.1 Å². The molecule has 0 bridgehead atoms. The molecule has 0 spiro atoms. The van der Waals surface area contributed by atoms with Gasteiger partial charge in [-0.15, -0.1) is 0 Å². The number of aliphatic carboxylic acids is 1. The summed E-state index contributed by atoms with van der Waals surface area (Å²) in [6.07, 6.45) is 2.24. The van der Waals surface area contributed by atoms with Gasteiger partial charge in [-0.1, -0.05) is 32.9 Å². The van der Waals surface area contributed by atoms with Crippen LogP contribution in [0, 0.1) is 0 Å². The predicted molar refractivity (Wildman–Crippen MR) is 112 cm³/mol. The average Bonchev–Trinajstić information content (AvgIpc) is 2.65. The molecule has 0 atom stereocenters. The van der Waals surface area contributed by atoms with E-state index in [0.717, 1.165) is 11.6 Å². The number of ether oxygens (including phenoxy) is 2. The molecule has 0 aliphatic rings. The van der Waals surface area contributed by atoms with Crippen molar-refractivity contribution in [3.8, 4) is 11.5 Å². The molecule has 0 aromatic heterocycles. The van der Waals surface area contributed by atoms with Crippen LogP contribution >= 0.6 is 0 Å². The molecule has 0 saturated heterocycles. The van der Waals surface area contributed by atoms with Crippen molar-refractivity contribution in [3.05, 3.63) is 53.6 Å². The molecule has 0 unspecified atom stereocenters. The van der Waals surface area contributed by atoms with Crippen LogP contribution in [0.25, 0.3) is 6.08 Å². The first-order valence-electron chi connectivity index (χ1n) is 8.78. The lowest BCUT2D eigenvalue weighted by atomic mass is 9.87. The Bertz CT molecular complexity index is 1040. The van der Waals surface area contributed by atoms with Crippen molar-refractivity contribution >= 4 is 27.8 Å². The molecular formula is C21H25NO6S. The first-order chi connectivity index (χ1) is 13.5. The van der Waals surface area contributed by atoms with E-state index in [4.69, 9.17) is 14.6 Å². The number of sulfonamides is 1. The van der Waals surface area contributed by atoms with Crippen molar-refractivity contribution in [1.29, 1.82) is 0 Å². The van der Waals surface area contributed by atoms with Crippen molar-refractivity contribution in [3.63, 3.8) is 0 Å². The molecule has 156 valence electrons. The maximum atomic E-state index is 13.1. The number of hydrogen-bond donors (Lipinski definition) is 2. The minimum absolute atomic E-state index is 0.115. The van der Waals surface area contributed by atoms with Gasteiger partial charge < -0.3 is 14.6 Å². The van der Waals surface area contributed by atoms with Crippen LogP contribution in [0.5, 0.6) is 11.5 Å². The van der Waals surface area contributed by atoms with E-state index in [1.54, 1.807) is 18.2 Å². The maximum Gasteiger partial charge on any atom is 0.328 e. The zero-order chi connectivity index (χ0) is 21.8. The Morgan fingerprint density at radius 1 is 1.03 bits per heavy atom. The number of benzene rings is 2. The van der Waals surface area contributed by atoms with Gasteiger partial charge in [0.1, 0.15) is 16.4 Å². The Balaban J connectivity index is 2.53. The van der Waals surface area contributed by atoms with Gasteiger partial charge in [-0.3, -0.25) is 4.72 Å². The molecule has 0 aliphatic carbocycles. The topological polar surface area (TPSA) is 102 Å². The minimum atomic E-state index is -4.05. The third-order valence-electron chi connectivity index (χ3n) is 4.21. The van der Waals surface area contributed by atoms with Crippen molar-refractivity contribution in [2.24, 2.45) is 0 Å². The average molecular weight is 419 g/mol. The Morgan fingerprint density at radius 2 is 1.66 bits per heavy atom. The number of carboxylic acids is 1. The van der Waals surface area contributed by atoms with E-state index in [1.807, 2.05) is 26.8 Å². The number of carbonyl (C=O) groups is 1. The van der Waals surface area contributed by atoms with Crippen LogP contribution < -0.4 is 14.2 Å². The van der Waals surface area contributed by atoms with E-state index in [0.29, 0.717) is 17.0 Å². The fourth-order valence-electron chi connectivity index (χ4n) is 2.63. The number of hydrogen-bond acceptors (Lipinski definition) is 5. The highest BCUT2D eigenvalue weighted by Gasteiger charge is 2.23. The zero-order valence-electron chi connectivity index (χ0n) is 17.0. The number of carboxylic acid groups (broad SMARTS) is 1. The highest BCUT2D eigenvalue weighted by atomic mass is 32.2. The van der Waals surface area contributed by atoms with Crippen LogP contribution in [0.3, 0.4) is 0 Å². The molecule has 0 radical (unpaired) electrons. The Hall–Kier alpha value is -3.00. The van der Waals surface area contributed by atoms with Gasteiger partial charge in [0.25, 0.3) is 10.0 Å². The molecule has 7 nitrogen and oxygen atoms in total. The molecule has 29 heavy (non-hydrogen) atoms. The third-order valence-corrected chi connectivity index (χ3v) is 5.59. The van der Waals surface area contributed by atoms with Gasteiger partial charge in [0.2, 0.25) is 0 Å². The van der Waals surface area contributed by atoms with Gasteiger partial charge in [-0.05, 0) is 46.9 Å². The molecule has 2 aromatic carbocycles. The summed E-state index contributed by atoms with van der Waals surface area (Å²) in [5.74, 6) is -0.620. The largest absolute Gasteiger partial charge is 0.495 e. The van der Waals surface area contributed by atoms with E-state index in [9.17, 15) is 13.2 Å². The fraction of sp³-hybridized carbons (Fsp3) is 0.286. The van der Waals surface area contributed by atoms with Gasteiger partial charge in [0.15, 0.2) is 0 Å². The fourth-order valence-corrected chi connectivity index (χ4v) is 3.89. The first kappa shape index (κ1) is 22.3. The SMILES string of the molecule is COc1ccc(C(C)(C)C)cc1NS(=O)(=O)c1cc(/C=C/C(=O)O)ccc1OC. The monoisotopic (exact) mass is 419 g/mol. The van der Waals surface area contributed by atoms with Crippen LogP contribution in [0.15, 0.2) is 47.4 Å². The summed E-state index contributed by atoms with van der Waals surface area (Å²) < 4.78 is 39.3. The molecule has 0 fully saturated rings. The van der Waals surface area contributed by atoms with Crippen molar-refractivity contribution in [2.75, 3.05) is 18.9 Å². The van der Waals surface area contributed by atoms with E-state index in [2.05, 4.69) is 4.72 Å². The van der Waals surface area contributed by atoms with Crippen LogP contribution in [0.2, 0.25) is 0 Å². The van der Waals surface area contributed by atoms with Gasteiger partial charge in [0.05, 0.1) is 19.9 Å². The van der Waals surface area contributed by atoms with Crippen molar-refractivity contribution in [1.82, 2.24) is 0 Å². The summed E-state index contributed by atoms with van der Waals surface area (Å²) in [4.78, 5) is 10.6. The number of nitrogens with one attached hydrogen (secondary N) is 1. The summed E-state index contributed by atoms with van der Waals surface area (Å²) in [6.45, 7) is 6.07. The van der Waals surface area contributed by atoms with Crippen LogP contribution in [-0.2, 0) is 20.2 Å². The quantitative estimate of drug-likeness (QED) is 0.660. The van der Waals surface area contributed by atoms with Crippen LogP contribution in [0.1, 0.15) is 31.9 Å². The molecule has 0 heterocycles. The smallest absolute Gasteiger partial charge is 0.328 e. The normalized spacial score (nSPS) is 12.0. The van der Waals surface area contributed by atoms with Gasteiger partial charge in [0, 0.05) is 6.08 Å². The molecule has 0 aliphatic heterocycles. The van der Waals surface area contributed by atoms with Gasteiger partial charge in [-0.2, -0.15) is 0 Å². The Labute approximate surface area is 171 Å². The number of anilines is 1. The first-order valence-corrected chi connectivity index (χ1v) is 10.3. The van der Waals surface area contributed by atoms with Crippen LogP contribution in [-0.4, -0.2) is 33.7 Å². The molecular weight excluding hydrogens is 394 g/mol. The summed E-state index contributed by atoms with van der Waals surface area (Å²) in [5.41, 5.74) is 1.45.